The minimum atomic E-state index is -0.0583. The van der Waals surface area contributed by atoms with Crippen LogP contribution in [-0.2, 0) is 0 Å². The number of benzene rings is 1. The van der Waals surface area contributed by atoms with Gasteiger partial charge in [-0.05, 0) is 50.2 Å². The SMILES string of the molecule is COc1ccc(NC(=O)N(C)C2CCNCC2)cc1. The van der Waals surface area contributed by atoms with Gasteiger partial charge in [-0.25, -0.2) is 4.79 Å². The summed E-state index contributed by atoms with van der Waals surface area (Å²) in [7, 11) is 3.48. The molecule has 0 saturated carbocycles. The molecule has 1 aliphatic heterocycles. The van der Waals surface area contributed by atoms with Gasteiger partial charge in [0.25, 0.3) is 0 Å². The number of ether oxygens (including phenoxy) is 1. The van der Waals surface area contributed by atoms with Crippen LogP contribution in [0.5, 0.6) is 5.75 Å². The minimum Gasteiger partial charge on any atom is -0.497 e. The topological polar surface area (TPSA) is 53.6 Å². The highest BCUT2D eigenvalue weighted by atomic mass is 16.5. The first-order chi connectivity index (χ1) is 9.20. The van der Waals surface area contributed by atoms with Gasteiger partial charge in [0, 0.05) is 18.8 Å². The molecule has 0 aromatic heterocycles. The highest BCUT2D eigenvalue weighted by Crippen LogP contribution is 2.16. The molecule has 2 rings (SSSR count). The van der Waals surface area contributed by atoms with Crippen LogP contribution in [0.25, 0.3) is 0 Å². The van der Waals surface area contributed by atoms with Crippen LogP contribution in [0.2, 0.25) is 0 Å². The van der Waals surface area contributed by atoms with Gasteiger partial charge in [0.1, 0.15) is 5.75 Å². The van der Waals surface area contributed by atoms with Gasteiger partial charge in [0.2, 0.25) is 0 Å². The van der Waals surface area contributed by atoms with Gasteiger partial charge in [0.05, 0.1) is 7.11 Å². The van der Waals surface area contributed by atoms with E-state index in [1.807, 2.05) is 31.3 Å². The normalized spacial score (nSPS) is 15.9. The average Bonchev–Trinajstić information content (AvgIpc) is 2.48. The summed E-state index contributed by atoms with van der Waals surface area (Å²) in [5.41, 5.74) is 0.784. The summed E-state index contributed by atoms with van der Waals surface area (Å²) in [6, 6.07) is 7.61. The second kappa shape index (κ2) is 6.43. The second-order valence-electron chi connectivity index (χ2n) is 4.75. The van der Waals surface area contributed by atoms with Crippen LogP contribution < -0.4 is 15.4 Å². The van der Waals surface area contributed by atoms with E-state index in [9.17, 15) is 4.79 Å². The van der Waals surface area contributed by atoms with Crippen molar-refractivity contribution < 1.29 is 9.53 Å². The van der Waals surface area contributed by atoms with Crippen LogP contribution >= 0.6 is 0 Å². The number of hydrogen-bond donors (Lipinski definition) is 2. The van der Waals surface area contributed by atoms with Gasteiger partial charge in [0.15, 0.2) is 0 Å². The number of piperidine rings is 1. The van der Waals surface area contributed by atoms with Crippen molar-refractivity contribution in [2.45, 2.75) is 18.9 Å². The Labute approximate surface area is 113 Å². The molecule has 104 valence electrons. The summed E-state index contributed by atoms with van der Waals surface area (Å²) in [6.07, 6.45) is 2.01. The molecular formula is C14H21N3O2. The Morgan fingerprint density at radius 2 is 1.95 bits per heavy atom. The lowest BCUT2D eigenvalue weighted by Gasteiger charge is -2.31. The number of nitrogens with zero attached hydrogens (tertiary/aromatic N) is 1. The molecule has 0 spiro atoms. The average molecular weight is 263 g/mol. The molecule has 19 heavy (non-hydrogen) atoms. The summed E-state index contributed by atoms with van der Waals surface area (Å²) >= 11 is 0. The molecule has 5 heteroatoms. The van der Waals surface area contributed by atoms with Gasteiger partial charge >= 0.3 is 6.03 Å². The fourth-order valence-corrected chi connectivity index (χ4v) is 2.25. The lowest BCUT2D eigenvalue weighted by atomic mass is 10.1. The quantitative estimate of drug-likeness (QED) is 0.876. The van der Waals surface area contributed by atoms with E-state index >= 15 is 0 Å². The zero-order chi connectivity index (χ0) is 13.7. The Kier molecular flexibility index (Phi) is 4.63. The minimum absolute atomic E-state index is 0.0583. The molecule has 1 heterocycles. The molecule has 2 N–H and O–H groups in total. The third-order valence-corrected chi connectivity index (χ3v) is 3.52. The van der Waals surface area contributed by atoms with Crippen LogP contribution in [0.15, 0.2) is 24.3 Å². The summed E-state index contributed by atoms with van der Waals surface area (Å²) in [5, 5.41) is 6.20. The lowest BCUT2D eigenvalue weighted by Crippen LogP contribution is -2.45. The van der Waals surface area contributed by atoms with Gasteiger partial charge in [-0.3, -0.25) is 0 Å². The van der Waals surface area contributed by atoms with E-state index in [1.165, 1.54) is 0 Å². The van der Waals surface area contributed by atoms with Crippen LogP contribution in [-0.4, -0.2) is 44.2 Å². The molecule has 5 nitrogen and oxygen atoms in total. The first-order valence-electron chi connectivity index (χ1n) is 6.59. The number of carbonyl (C=O) groups excluding carboxylic acids is 1. The molecule has 1 aliphatic rings. The maximum atomic E-state index is 12.1. The fourth-order valence-electron chi connectivity index (χ4n) is 2.25. The molecule has 0 unspecified atom stereocenters. The summed E-state index contributed by atoms with van der Waals surface area (Å²) in [5.74, 6) is 0.782. The van der Waals surface area contributed by atoms with Crippen molar-refractivity contribution in [1.29, 1.82) is 0 Å². The molecule has 1 aromatic rings. The Balaban J connectivity index is 1.91. The van der Waals surface area contributed by atoms with Gasteiger partial charge in [-0.2, -0.15) is 0 Å². The number of carbonyl (C=O) groups is 1. The maximum Gasteiger partial charge on any atom is 0.321 e. The van der Waals surface area contributed by atoms with Crippen molar-refractivity contribution in [2.24, 2.45) is 0 Å². The predicted molar refractivity (Wildman–Crippen MR) is 75.7 cm³/mol. The highest BCUT2D eigenvalue weighted by molar-refractivity contribution is 5.89. The Hall–Kier alpha value is -1.75. The second-order valence-corrected chi connectivity index (χ2v) is 4.75. The van der Waals surface area contributed by atoms with E-state index in [-0.39, 0.29) is 6.03 Å². The van der Waals surface area contributed by atoms with Crippen LogP contribution in [0.4, 0.5) is 10.5 Å². The van der Waals surface area contributed by atoms with E-state index in [0.717, 1.165) is 37.4 Å². The Morgan fingerprint density at radius 3 is 2.53 bits per heavy atom. The standard InChI is InChI=1S/C14H21N3O2/c1-17(12-7-9-15-10-8-12)14(18)16-11-3-5-13(19-2)6-4-11/h3-6,12,15H,7-10H2,1-2H3,(H,16,18). The zero-order valence-electron chi connectivity index (χ0n) is 11.5. The van der Waals surface area contributed by atoms with Crippen molar-refractivity contribution in [3.05, 3.63) is 24.3 Å². The summed E-state index contributed by atoms with van der Waals surface area (Å²) in [6.45, 7) is 1.95. The maximum absolute atomic E-state index is 12.1. The summed E-state index contributed by atoms with van der Waals surface area (Å²) in [4.78, 5) is 13.9. The zero-order valence-corrected chi connectivity index (χ0v) is 11.5. The number of rotatable bonds is 3. The van der Waals surface area contributed by atoms with Crippen molar-refractivity contribution in [2.75, 3.05) is 32.6 Å². The molecule has 1 aromatic carbocycles. The Morgan fingerprint density at radius 1 is 1.32 bits per heavy atom. The summed E-state index contributed by atoms with van der Waals surface area (Å²) < 4.78 is 5.09. The monoisotopic (exact) mass is 263 g/mol. The number of urea groups is 1. The largest absolute Gasteiger partial charge is 0.497 e. The van der Waals surface area contributed by atoms with Crippen molar-refractivity contribution in [3.63, 3.8) is 0 Å². The number of hydrogen-bond acceptors (Lipinski definition) is 3. The number of anilines is 1. The van der Waals surface area contributed by atoms with Crippen LogP contribution in [0.1, 0.15) is 12.8 Å². The van der Waals surface area contributed by atoms with E-state index in [1.54, 1.807) is 12.0 Å². The van der Waals surface area contributed by atoms with E-state index < -0.39 is 0 Å². The smallest absolute Gasteiger partial charge is 0.321 e. The Bertz CT molecular complexity index is 413. The van der Waals surface area contributed by atoms with Crippen molar-refractivity contribution in [1.82, 2.24) is 10.2 Å². The molecule has 0 radical (unpaired) electrons. The fraction of sp³-hybridized carbons (Fsp3) is 0.500. The van der Waals surface area contributed by atoms with Crippen molar-refractivity contribution in [3.8, 4) is 5.75 Å². The number of amides is 2. The van der Waals surface area contributed by atoms with Crippen molar-refractivity contribution >= 4 is 11.7 Å². The molecule has 1 saturated heterocycles. The van der Waals surface area contributed by atoms with E-state index in [2.05, 4.69) is 10.6 Å². The highest BCUT2D eigenvalue weighted by Gasteiger charge is 2.21. The van der Waals surface area contributed by atoms with Crippen LogP contribution in [0.3, 0.4) is 0 Å². The lowest BCUT2D eigenvalue weighted by molar-refractivity contribution is 0.189. The first kappa shape index (κ1) is 13.7. The number of methoxy groups -OCH3 is 1. The molecule has 0 aliphatic carbocycles. The molecule has 0 bridgehead atoms. The molecule has 0 atom stereocenters. The predicted octanol–water partition coefficient (Wildman–Crippen LogP) is 1.91. The molecule has 2 amide bonds. The third-order valence-electron chi connectivity index (χ3n) is 3.52. The third kappa shape index (κ3) is 3.61. The number of nitrogens with one attached hydrogen (secondary N) is 2. The van der Waals surface area contributed by atoms with E-state index in [4.69, 9.17) is 4.74 Å². The van der Waals surface area contributed by atoms with E-state index in [0.29, 0.717) is 6.04 Å². The van der Waals surface area contributed by atoms with Gasteiger partial charge < -0.3 is 20.3 Å². The van der Waals surface area contributed by atoms with Crippen LogP contribution in [0, 0.1) is 0 Å². The first-order valence-corrected chi connectivity index (χ1v) is 6.59. The van der Waals surface area contributed by atoms with Gasteiger partial charge in [-0.15, -0.1) is 0 Å². The molecular weight excluding hydrogens is 242 g/mol. The van der Waals surface area contributed by atoms with Gasteiger partial charge in [-0.1, -0.05) is 0 Å². The molecule has 1 fully saturated rings.